The van der Waals surface area contributed by atoms with Gasteiger partial charge in [0.1, 0.15) is 11.9 Å². The number of hydrogen-bond donors (Lipinski definition) is 2. The van der Waals surface area contributed by atoms with Crippen LogP contribution in [-0.4, -0.2) is 11.2 Å². The van der Waals surface area contributed by atoms with Crippen molar-refractivity contribution in [3.8, 4) is 5.75 Å². The summed E-state index contributed by atoms with van der Waals surface area (Å²) in [6.07, 6.45) is -0.633. The zero-order valence-electron chi connectivity index (χ0n) is 11.2. The predicted octanol–water partition coefficient (Wildman–Crippen LogP) is 3.14. The lowest BCUT2D eigenvalue weighted by Gasteiger charge is -2.16. The largest absolute Gasteiger partial charge is 0.491 e. The molecule has 1 atom stereocenters. The van der Waals surface area contributed by atoms with Crippen molar-refractivity contribution in [3.63, 3.8) is 0 Å². The second-order valence-electron chi connectivity index (χ2n) is 4.77. The maximum atomic E-state index is 10.4. The van der Waals surface area contributed by atoms with Gasteiger partial charge in [-0.05, 0) is 37.6 Å². The Morgan fingerprint density at radius 3 is 2.47 bits per heavy atom. The lowest BCUT2D eigenvalue weighted by Crippen LogP contribution is -2.07. The molecule has 0 fully saturated rings. The molecule has 0 aromatic heterocycles. The van der Waals surface area contributed by atoms with E-state index in [1.807, 2.05) is 56.3 Å². The number of ether oxygens (including phenoxy) is 1. The third-order valence-electron chi connectivity index (χ3n) is 2.84. The monoisotopic (exact) mass is 257 g/mol. The molecule has 0 aliphatic carbocycles. The van der Waals surface area contributed by atoms with Crippen LogP contribution in [0.1, 0.15) is 31.1 Å². The summed E-state index contributed by atoms with van der Waals surface area (Å²) in [6, 6.07) is 14.8. The van der Waals surface area contributed by atoms with E-state index >= 15 is 0 Å². The van der Waals surface area contributed by atoms with E-state index in [2.05, 4.69) is 0 Å². The highest BCUT2D eigenvalue weighted by Gasteiger charge is 2.13. The van der Waals surface area contributed by atoms with Crippen LogP contribution in [0.25, 0.3) is 0 Å². The first-order chi connectivity index (χ1) is 9.08. The second-order valence-corrected chi connectivity index (χ2v) is 4.77. The number of para-hydroxylation sites is 1. The fourth-order valence-corrected chi connectivity index (χ4v) is 1.97. The van der Waals surface area contributed by atoms with Crippen LogP contribution in [-0.2, 0) is 0 Å². The normalized spacial score (nSPS) is 12.4. The molecule has 0 bridgehead atoms. The lowest BCUT2D eigenvalue weighted by atomic mass is 10.00. The van der Waals surface area contributed by atoms with Gasteiger partial charge in [-0.3, -0.25) is 0 Å². The molecule has 0 aliphatic rings. The highest BCUT2D eigenvalue weighted by atomic mass is 16.5. The van der Waals surface area contributed by atoms with Crippen molar-refractivity contribution >= 4 is 5.69 Å². The van der Waals surface area contributed by atoms with Gasteiger partial charge in [-0.2, -0.15) is 0 Å². The number of benzene rings is 2. The molecule has 1 unspecified atom stereocenters. The van der Waals surface area contributed by atoms with Gasteiger partial charge in [0.25, 0.3) is 0 Å². The number of anilines is 1. The van der Waals surface area contributed by atoms with Crippen LogP contribution >= 0.6 is 0 Å². The molecule has 0 saturated carbocycles. The van der Waals surface area contributed by atoms with E-state index in [0.717, 1.165) is 11.3 Å². The van der Waals surface area contributed by atoms with Gasteiger partial charge in [-0.15, -0.1) is 0 Å². The van der Waals surface area contributed by atoms with Crippen LogP contribution in [0.15, 0.2) is 48.5 Å². The molecule has 2 rings (SSSR count). The number of hydrogen-bond acceptors (Lipinski definition) is 3. The minimum atomic E-state index is -0.739. The van der Waals surface area contributed by atoms with Crippen LogP contribution in [0.3, 0.4) is 0 Å². The van der Waals surface area contributed by atoms with Gasteiger partial charge < -0.3 is 15.6 Å². The Balaban J connectivity index is 2.29. The molecular formula is C16H19NO2. The summed E-state index contributed by atoms with van der Waals surface area (Å²) in [7, 11) is 0. The third kappa shape index (κ3) is 3.26. The summed E-state index contributed by atoms with van der Waals surface area (Å²) in [5.41, 5.74) is 7.96. The quantitative estimate of drug-likeness (QED) is 0.827. The minimum absolute atomic E-state index is 0.106. The molecule has 0 saturated heterocycles. The number of aliphatic hydroxyl groups excluding tert-OH is 1. The standard InChI is InChI=1S/C16H19NO2/c1-11(2)19-13-7-5-6-12(10-13)16(18)14-8-3-4-9-15(14)17/h3-11,16,18H,17H2,1-2H3. The van der Waals surface area contributed by atoms with Crippen LogP contribution in [0.5, 0.6) is 5.75 Å². The Kier molecular flexibility index (Phi) is 4.07. The van der Waals surface area contributed by atoms with Crippen LogP contribution < -0.4 is 10.5 Å². The van der Waals surface area contributed by atoms with Crippen molar-refractivity contribution in [2.45, 2.75) is 26.1 Å². The smallest absolute Gasteiger partial charge is 0.120 e. The number of nitrogens with two attached hydrogens (primary N) is 1. The second kappa shape index (κ2) is 5.76. The van der Waals surface area contributed by atoms with Gasteiger partial charge in [0.15, 0.2) is 0 Å². The highest BCUT2D eigenvalue weighted by Crippen LogP contribution is 2.28. The summed E-state index contributed by atoms with van der Waals surface area (Å²) in [5.74, 6) is 0.751. The average Bonchev–Trinajstić information content (AvgIpc) is 2.38. The molecule has 0 spiro atoms. The molecular weight excluding hydrogens is 238 g/mol. The van der Waals surface area contributed by atoms with Crippen LogP contribution in [0.4, 0.5) is 5.69 Å². The van der Waals surface area contributed by atoms with Crippen molar-refractivity contribution in [1.82, 2.24) is 0 Å². The predicted molar refractivity (Wildman–Crippen MR) is 77.1 cm³/mol. The summed E-state index contributed by atoms with van der Waals surface area (Å²) in [5, 5.41) is 10.4. The summed E-state index contributed by atoms with van der Waals surface area (Å²) in [6.45, 7) is 3.94. The zero-order valence-corrected chi connectivity index (χ0v) is 11.2. The Morgan fingerprint density at radius 2 is 1.79 bits per heavy atom. The van der Waals surface area contributed by atoms with Crippen molar-refractivity contribution in [2.75, 3.05) is 5.73 Å². The van der Waals surface area contributed by atoms with E-state index in [-0.39, 0.29) is 6.10 Å². The topological polar surface area (TPSA) is 55.5 Å². The fraction of sp³-hybridized carbons (Fsp3) is 0.250. The van der Waals surface area contributed by atoms with Crippen LogP contribution in [0.2, 0.25) is 0 Å². The Bertz CT molecular complexity index is 552. The van der Waals surface area contributed by atoms with Gasteiger partial charge >= 0.3 is 0 Å². The molecule has 0 amide bonds. The van der Waals surface area contributed by atoms with E-state index < -0.39 is 6.10 Å². The van der Waals surface area contributed by atoms with Gasteiger partial charge in [-0.25, -0.2) is 0 Å². The molecule has 100 valence electrons. The van der Waals surface area contributed by atoms with E-state index in [0.29, 0.717) is 11.3 Å². The molecule has 3 N–H and O–H groups in total. The van der Waals surface area contributed by atoms with E-state index in [1.165, 1.54) is 0 Å². The van der Waals surface area contributed by atoms with E-state index in [4.69, 9.17) is 10.5 Å². The molecule has 3 nitrogen and oxygen atoms in total. The number of aliphatic hydroxyl groups is 1. The van der Waals surface area contributed by atoms with Crippen molar-refractivity contribution in [1.29, 1.82) is 0 Å². The molecule has 0 radical (unpaired) electrons. The number of rotatable bonds is 4. The summed E-state index contributed by atoms with van der Waals surface area (Å²) >= 11 is 0. The number of nitrogen functional groups attached to an aromatic ring is 1. The summed E-state index contributed by atoms with van der Waals surface area (Å²) < 4.78 is 5.63. The molecule has 0 heterocycles. The Labute approximate surface area is 113 Å². The van der Waals surface area contributed by atoms with Crippen LogP contribution in [0, 0.1) is 0 Å². The average molecular weight is 257 g/mol. The minimum Gasteiger partial charge on any atom is -0.491 e. The van der Waals surface area contributed by atoms with Crippen molar-refractivity contribution < 1.29 is 9.84 Å². The molecule has 19 heavy (non-hydrogen) atoms. The first-order valence-corrected chi connectivity index (χ1v) is 6.37. The van der Waals surface area contributed by atoms with Gasteiger partial charge in [0, 0.05) is 11.3 Å². The zero-order chi connectivity index (χ0) is 13.8. The third-order valence-corrected chi connectivity index (χ3v) is 2.84. The van der Waals surface area contributed by atoms with E-state index in [9.17, 15) is 5.11 Å². The van der Waals surface area contributed by atoms with Gasteiger partial charge in [0.05, 0.1) is 6.10 Å². The van der Waals surface area contributed by atoms with Gasteiger partial charge in [-0.1, -0.05) is 30.3 Å². The first kappa shape index (κ1) is 13.4. The Hall–Kier alpha value is -2.00. The fourth-order valence-electron chi connectivity index (χ4n) is 1.97. The SMILES string of the molecule is CC(C)Oc1cccc(C(O)c2ccccc2N)c1. The van der Waals surface area contributed by atoms with Crippen molar-refractivity contribution in [2.24, 2.45) is 0 Å². The highest BCUT2D eigenvalue weighted by molar-refractivity contribution is 5.50. The summed E-state index contributed by atoms with van der Waals surface area (Å²) in [4.78, 5) is 0. The van der Waals surface area contributed by atoms with E-state index in [1.54, 1.807) is 6.07 Å². The first-order valence-electron chi connectivity index (χ1n) is 6.37. The van der Waals surface area contributed by atoms with Crippen molar-refractivity contribution in [3.05, 3.63) is 59.7 Å². The molecule has 0 aliphatic heterocycles. The lowest BCUT2D eigenvalue weighted by molar-refractivity contribution is 0.217. The maximum absolute atomic E-state index is 10.4. The molecule has 3 heteroatoms. The maximum Gasteiger partial charge on any atom is 0.120 e. The molecule has 2 aromatic carbocycles. The Morgan fingerprint density at radius 1 is 1.05 bits per heavy atom. The van der Waals surface area contributed by atoms with Gasteiger partial charge in [0.2, 0.25) is 0 Å². The molecule has 2 aromatic rings.